The van der Waals surface area contributed by atoms with Crippen LogP contribution in [0.4, 0.5) is 0 Å². The molecule has 0 saturated heterocycles. The van der Waals surface area contributed by atoms with Gasteiger partial charge in [0.1, 0.15) is 0 Å². The second-order valence-corrected chi connectivity index (χ2v) is 3.67. The smallest absolute Gasteiger partial charge is 0.251 e. The summed E-state index contributed by atoms with van der Waals surface area (Å²) in [5.74, 6) is -0.0529. The van der Waals surface area contributed by atoms with Crippen molar-refractivity contribution in [2.45, 2.75) is 25.4 Å². The molecule has 1 heterocycles. The molecule has 14 heavy (non-hydrogen) atoms. The molecule has 2 atom stereocenters. The second-order valence-electron chi connectivity index (χ2n) is 3.67. The van der Waals surface area contributed by atoms with E-state index in [1.165, 1.54) is 0 Å². The van der Waals surface area contributed by atoms with Gasteiger partial charge in [-0.05, 0) is 25.0 Å². The van der Waals surface area contributed by atoms with Gasteiger partial charge in [-0.25, -0.2) is 0 Å². The Labute approximate surface area is 82.5 Å². The van der Waals surface area contributed by atoms with Crippen molar-refractivity contribution < 1.29 is 4.79 Å². The quantitative estimate of drug-likeness (QED) is 0.702. The summed E-state index contributed by atoms with van der Waals surface area (Å²) in [6, 6.07) is 2.02. The minimum atomic E-state index is -0.0529. The summed E-state index contributed by atoms with van der Waals surface area (Å²) in [6.45, 7) is 1.87. The van der Waals surface area contributed by atoms with Gasteiger partial charge in [0.05, 0.1) is 0 Å². The first kappa shape index (κ1) is 9.15. The first-order valence-corrected chi connectivity index (χ1v) is 4.65. The van der Waals surface area contributed by atoms with Gasteiger partial charge in [-0.3, -0.25) is 9.78 Å². The van der Waals surface area contributed by atoms with Crippen LogP contribution >= 0.6 is 0 Å². The number of aromatic nitrogens is 1. The third kappa shape index (κ3) is 1.75. The Hall–Kier alpha value is -1.42. The summed E-state index contributed by atoms with van der Waals surface area (Å²) in [6.07, 6.45) is 4.19. The molecule has 1 aliphatic carbocycles. The van der Waals surface area contributed by atoms with Crippen molar-refractivity contribution in [3.63, 3.8) is 0 Å². The van der Waals surface area contributed by atoms with Gasteiger partial charge < -0.3 is 11.1 Å². The fraction of sp³-hybridized carbons (Fsp3) is 0.400. The summed E-state index contributed by atoms with van der Waals surface area (Å²) in [4.78, 5) is 15.6. The lowest BCUT2D eigenvalue weighted by Crippen LogP contribution is -2.30. The van der Waals surface area contributed by atoms with Gasteiger partial charge in [0.2, 0.25) is 0 Å². The number of hydrogen-bond acceptors (Lipinski definition) is 3. The zero-order chi connectivity index (χ0) is 10.1. The molecule has 1 fully saturated rings. The number of nitrogens with one attached hydrogen (secondary N) is 1. The van der Waals surface area contributed by atoms with Crippen LogP contribution in [0.1, 0.15) is 22.3 Å². The average Bonchev–Trinajstić information content (AvgIpc) is 2.82. The Balaban J connectivity index is 2.07. The molecule has 0 aliphatic heterocycles. The maximum Gasteiger partial charge on any atom is 0.251 e. The molecule has 1 saturated carbocycles. The van der Waals surface area contributed by atoms with E-state index < -0.39 is 0 Å². The van der Waals surface area contributed by atoms with Gasteiger partial charge in [-0.2, -0.15) is 0 Å². The summed E-state index contributed by atoms with van der Waals surface area (Å²) in [5.41, 5.74) is 7.17. The molecular formula is C10H13N3O. The van der Waals surface area contributed by atoms with E-state index in [4.69, 9.17) is 5.73 Å². The first-order chi connectivity index (χ1) is 6.68. The van der Waals surface area contributed by atoms with Crippen LogP contribution in [-0.2, 0) is 0 Å². The Morgan fingerprint density at radius 2 is 2.43 bits per heavy atom. The fourth-order valence-corrected chi connectivity index (χ4v) is 1.35. The Bertz CT molecular complexity index is 364. The van der Waals surface area contributed by atoms with E-state index in [-0.39, 0.29) is 18.0 Å². The first-order valence-electron chi connectivity index (χ1n) is 4.65. The Morgan fingerprint density at radius 3 is 3.00 bits per heavy atom. The molecule has 74 valence electrons. The van der Waals surface area contributed by atoms with E-state index in [1.54, 1.807) is 18.5 Å². The average molecular weight is 191 g/mol. The van der Waals surface area contributed by atoms with Crippen molar-refractivity contribution in [3.8, 4) is 0 Å². The van der Waals surface area contributed by atoms with Gasteiger partial charge in [0.15, 0.2) is 0 Å². The number of carbonyl (C=O) groups excluding carboxylic acids is 1. The zero-order valence-corrected chi connectivity index (χ0v) is 8.03. The standard InChI is InChI=1S/C10H13N3O/c1-6-5-12-3-2-7(6)10(14)13-9-4-8(9)11/h2-3,5,8-9H,4,11H2,1H3,(H,13,14). The second kappa shape index (κ2) is 3.38. The third-order valence-corrected chi connectivity index (χ3v) is 2.42. The number of aryl methyl sites for hydroxylation is 1. The number of nitrogens with two attached hydrogens (primary N) is 1. The van der Waals surface area contributed by atoms with Crippen LogP contribution < -0.4 is 11.1 Å². The summed E-state index contributed by atoms with van der Waals surface area (Å²) in [7, 11) is 0. The highest BCUT2D eigenvalue weighted by molar-refractivity contribution is 5.95. The number of rotatable bonds is 2. The van der Waals surface area contributed by atoms with Crippen molar-refractivity contribution in [3.05, 3.63) is 29.6 Å². The highest BCUT2D eigenvalue weighted by Crippen LogP contribution is 2.18. The zero-order valence-electron chi connectivity index (χ0n) is 8.03. The van der Waals surface area contributed by atoms with Gasteiger partial charge >= 0.3 is 0 Å². The molecule has 4 heteroatoms. The highest BCUT2D eigenvalue weighted by Gasteiger charge is 2.34. The molecule has 3 N–H and O–H groups in total. The molecule has 0 radical (unpaired) electrons. The van der Waals surface area contributed by atoms with E-state index in [2.05, 4.69) is 10.3 Å². The van der Waals surface area contributed by atoms with Crippen molar-refractivity contribution in [2.75, 3.05) is 0 Å². The van der Waals surface area contributed by atoms with Gasteiger partial charge in [-0.1, -0.05) is 0 Å². The summed E-state index contributed by atoms with van der Waals surface area (Å²) >= 11 is 0. The van der Waals surface area contributed by atoms with Crippen molar-refractivity contribution in [1.82, 2.24) is 10.3 Å². The molecule has 0 bridgehead atoms. The lowest BCUT2D eigenvalue weighted by molar-refractivity contribution is 0.0949. The molecule has 0 spiro atoms. The van der Waals surface area contributed by atoms with Gasteiger partial charge in [-0.15, -0.1) is 0 Å². The highest BCUT2D eigenvalue weighted by atomic mass is 16.1. The number of hydrogen-bond donors (Lipinski definition) is 2. The molecular weight excluding hydrogens is 178 g/mol. The van der Waals surface area contributed by atoms with Crippen molar-refractivity contribution in [1.29, 1.82) is 0 Å². The summed E-state index contributed by atoms with van der Waals surface area (Å²) in [5, 5.41) is 2.87. The maximum absolute atomic E-state index is 11.7. The third-order valence-electron chi connectivity index (χ3n) is 2.42. The minimum Gasteiger partial charge on any atom is -0.348 e. The van der Waals surface area contributed by atoms with Gasteiger partial charge in [0, 0.05) is 30.0 Å². The molecule has 4 nitrogen and oxygen atoms in total. The Kier molecular flexibility index (Phi) is 2.21. The molecule has 1 aromatic heterocycles. The number of amides is 1. The predicted octanol–water partition coefficient (Wildman–Crippen LogP) is 0.219. The summed E-state index contributed by atoms with van der Waals surface area (Å²) < 4.78 is 0. The topological polar surface area (TPSA) is 68.0 Å². The monoisotopic (exact) mass is 191 g/mol. The molecule has 1 aromatic rings. The largest absolute Gasteiger partial charge is 0.348 e. The van der Waals surface area contributed by atoms with E-state index in [1.807, 2.05) is 6.92 Å². The molecule has 0 aromatic carbocycles. The van der Waals surface area contributed by atoms with Crippen LogP contribution in [0.25, 0.3) is 0 Å². The van der Waals surface area contributed by atoms with Gasteiger partial charge in [0.25, 0.3) is 5.91 Å². The van der Waals surface area contributed by atoms with Crippen LogP contribution in [0.2, 0.25) is 0 Å². The fourth-order valence-electron chi connectivity index (χ4n) is 1.35. The van der Waals surface area contributed by atoms with E-state index in [0.29, 0.717) is 5.56 Å². The van der Waals surface area contributed by atoms with Crippen molar-refractivity contribution in [2.24, 2.45) is 5.73 Å². The lowest BCUT2D eigenvalue weighted by atomic mass is 10.1. The van der Waals surface area contributed by atoms with Crippen LogP contribution in [0.3, 0.4) is 0 Å². The SMILES string of the molecule is Cc1cnccc1C(=O)NC1CC1N. The lowest BCUT2D eigenvalue weighted by Gasteiger charge is -2.05. The van der Waals surface area contributed by atoms with Crippen molar-refractivity contribution >= 4 is 5.91 Å². The Morgan fingerprint density at radius 1 is 1.71 bits per heavy atom. The van der Waals surface area contributed by atoms with Crippen LogP contribution in [0.15, 0.2) is 18.5 Å². The predicted molar refractivity (Wildman–Crippen MR) is 52.8 cm³/mol. The van der Waals surface area contributed by atoms with E-state index in [9.17, 15) is 4.79 Å². The molecule has 2 rings (SSSR count). The maximum atomic E-state index is 11.7. The number of pyridine rings is 1. The normalized spacial score (nSPS) is 24.4. The van der Waals surface area contributed by atoms with Crippen LogP contribution in [0.5, 0.6) is 0 Å². The van der Waals surface area contributed by atoms with E-state index in [0.717, 1.165) is 12.0 Å². The van der Waals surface area contributed by atoms with Crippen LogP contribution in [0, 0.1) is 6.92 Å². The van der Waals surface area contributed by atoms with Crippen LogP contribution in [-0.4, -0.2) is 23.0 Å². The minimum absolute atomic E-state index is 0.0529. The number of carbonyl (C=O) groups is 1. The number of nitrogens with zero attached hydrogens (tertiary/aromatic N) is 1. The molecule has 1 amide bonds. The molecule has 2 unspecified atom stereocenters. The van der Waals surface area contributed by atoms with E-state index >= 15 is 0 Å². The molecule has 1 aliphatic rings.